The summed E-state index contributed by atoms with van der Waals surface area (Å²) in [7, 11) is -6.95. The number of ether oxygens (including phenoxy) is 1. The van der Waals surface area contributed by atoms with Gasteiger partial charge in [0.25, 0.3) is 0 Å². The van der Waals surface area contributed by atoms with Gasteiger partial charge in [-0.3, -0.25) is 0 Å². The lowest BCUT2D eigenvalue weighted by Gasteiger charge is -2.28. The lowest BCUT2D eigenvalue weighted by atomic mass is 10.3. The van der Waals surface area contributed by atoms with Crippen LogP contribution in [0.5, 0.6) is 0 Å². The van der Waals surface area contributed by atoms with E-state index in [1.54, 1.807) is 0 Å². The van der Waals surface area contributed by atoms with Crippen LogP contribution in [0.2, 0.25) is 0 Å². The molecule has 0 aromatic rings. The standard InChI is InChI=1S/C8H14N2O5S2/c1-16(11,12)4-5-17(13,14)10-2-3-15-8(6-9)7-10/h8H,2-5,7H2,1H3. The molecule has 0 aliphatic carbocycles. The van der Waals surface area contributed by atoms with Crippen molar-refractivity contribution in [3.8, 4) is 6.07 Å². The van der Waals surface area contributed by atoms with Crippen molar-refractivity contribution < 1.29 is 21.6 Å². The molecule has 0 saturated carbocycles. The summed E-state index contributed by atoms with van der Waals surface area (Å²) < 4.78 is 51.5. The molecule has 1 rings (SSSR count). The Labute approximate surface area is 101 Å². The second kappa shape index (κ2) is 5.30. The molecule has 0 spiro atoms. The third-order valence-corrected chi connectivity index (χ3v) is 5.32. The van der Waals surface area contributed by atoms with E-state index < -0.39 is 37.5 Å². The van der Waals surface area contributed by atoms with Crippen LogP contribution < -0.4 is 0 Å². The van der Waals surface area contributed by atoms with E-state index in [1.165, 1.54) is 0 Å². The summed E-state index contributed by atoms with van der Waals surface area (Å²) in [5, 5.41) is 8.64. The van der Waals surface area contributed by atoms with Gasteiger partial charge in [0.05, 0.1) is 30.7 Å². The van der Waals surface area contributed by atoms with Crippen LogP contribution in [-0.2, 0) is 24.6 Å². The second-order valence-corrected chi connectivity index (χ2v) is 8.14. The Morgan fingerprint density at radius 3 is 2.53 bits per heavy atom. The van der Waals surface area contributed by atoms with Crippen LogP contribution in [0.15, 0.2) is 0 Å². The highest BCUT2D eigenvalue weighted by Crippen LogP contribution is 2.10. The number of hydrogen-bond acceptors (Lipinski definition) is 6. The van der Waals surface area contributed by atoms with Crippen molar-refractivity contribution >= 4 is 19.9 Å². The predicted octanol–water partition coefficient (Wildman–Crippen LogP) is -1.41. The van der Waals surface area contributed by atoms with E-state index in [0.29, 0.717) is 0 Å². The number of nitrogens with zero attached hydrogens (tertiary/aromatic N) is 2. The van der Waals surface area contributed by atoms with Crippen molar-refractivity contribution in [1.29, 1.82) is 5.26 Å². The zero-order valence-electron chi connectivity index (χ0n) is 9.37. The van der Waals surface area contributed by atoms with Gasteiger partial charge in [0.2, 0.25) is 10.0 Å². The number of rotatable bonds is 4. The molecule has 1 aliphatic heterocycles. The molecule has 0 N–H and O–H groups in total. The molecule has 0 aromatic heterocycles. The van der Waals surface area contributed by atoms with Crippen molar-refractivity contribution in [3.05, 3.63) is 0 Å². The zero-order valence-corrected chi connectivity index (χ0v) is 11.0. The largest absolute Gasteiger partial charge is 0.361 e. The highest BCUT2D eigenvalue weighted by molar-refractivity contribution is 7.93. The molecule has 0 aromatic carbocycles. The SMILES string of the molecule is CS(=O)(=O)CCS(=O)(=O)N1CCOC(C#N)C1. The van der Waals surface area contributed by atoms with Crippen LogP contribution in [0.4, 0.5) is 0 Å². The summed E-state index contributed by atoms with van der Waals surface area (Å²) in [6, 6.07) is 1.83. The Hall–Kier alpha value is -0.690. The fourth-order valence-electron chi connectivity index (χ4n) is 1.34. The summed E-state index contributed by atoms with van der Waals surface area (Å²) in [4.78, 5) is 0. The summed E-state index contributed by atoms with van der Waals surface area (Å²) in [5.41, 5.74) is 0. The first-order valence-corrected chi connectivity index (χ1v) is 8.58. The maximum Gasteiger partial charge on any atom is 0.215 e. The van der Waals surface area contributed by atoms with Gasteiger partial charge in [-0.05, 0) is 0 Å². The van der Waals surface area contributed by atoms with Gasteiger partial charge >= 0.3 is 0 Å². The van der Waals surface area contributed by atoms with E-state index in [4.69, 9.17) is 10.00 Å². The van der Waals surface area contributed by atoms with E-state index in [9.17, 15) is 16.8 Å². The molecule has 7 nitrogen and oxygen atoms in total. The number of sulfonamides is 1. The highest BCUT2D eigenvalue weighted by atomic mass is 32.2. The molecule has 98 valence electrons. The summed E-state index contributed by atoms with van der Waals surface area (Å²) in [6.07, 6.45) is 0.205. The van der Waals surface area contributed by atoms with Gasteiger partial charge in [-0.1, -0.05) is 0 Å². The van der Waals surface area contributed by atoms with Gasteiger partial charge in [-0.15, -0.1) is 0 Å². The molecule has 1 unspecified atom stereocenters. The molecule has 1 saturated heterocycles. The minimum atomic E-state index is -3.64. The number of morpholine rings is 1. The van der Waals surface area contributed by atoms with E-state index in [0.717, 1.165) is 10.6 Å². The average Bonchev–Trinajstić information content (AvgIpc) is 2.26. The van der Waals surface area contributed by atoms with E-state index >= 15 is 0 Å². The number of sulfone groups is 1. The first-order chi connectivity index (χ1) is 7.74. The smallest absolute Gasteiger partial charge is 0.215 e. The van der Waals surface area contributed by atoms with Gasteiger partial charge in [-0.2, -0.15) is 9.57 Å². The molecule has 1 aliphatic rings. The third-order valence-electron chi connectivity index (χ3n) is 2.28. The highest BCUT2D eigenvalue weighted by Gasteiger charge is 2.29. The van der Waals surface area contributed by atoms with Crippen LogP contribution in [0.25, 0.3) is 0 Å². The van der Waals surface area contributed by atoms with Gasteiger partial charge < -0.3 is 4.74 Å². The third kappa shape index (κ3) is 4.59. The molecular formula is C8H14N2O5S2. The molecule has 0 amide bonds. The maximum absolute atomic E-state index is 11.8. The van der Waals surface area contributed by atoms with Crippen molar-refractivity contribution in [1.82, 2.24) is 4.31 Å². The zero-order chi connectivity index (χ0) is 13.1. The Kier molecular flexibility index (Phi) is 4.48. The second-order valence-electron chi connectivity index (χ2n) is 3.79. The molecule has 0 radical (unpaired) electrons. The van der Waals surface area contributed by atoms with Crippen LogP contribution >= 0.6 is 0 Å². The van der Waals surface area contributed by atoms with Crippen LogP contribution in [0.1, 0.15) is 0 Å². The molecule has 1 atom stereocenters. The molecule has 1 fully saturated rings. The summed E-state index contributed by atoms with van der Waals surface area (Å²) in [5.74, 6) is -0.867. The number of nitriles is 1. The molecule has 1 heterocycles. The monoisotopic (exact) mass is 282 g/mol. The minimum Gasteiger partial charge on any atom is -0.361 e. The van der Waals surface area contributed by atoms with Gasteiger partial charge in [0.15, 0.2) is 6.10 Å². The van der Waals surface area contributed by atoms with E-state index in [-0.39, 0.29) is 19.7 Å². The Morgan fingerprint density at radius 2 is 2.00 bits per heavy atom. The van der Waals surface area contributed by atoms with Crippen molar-refractivity contribution in [2.75, 3.05) is 37.5 Å². The van der Waals surface area contributed by atoms with Crippen molar-refractivity contribution in [2.24, 2.45) is 0 Å². The molecule has 9 heteroatoms. The Balaban J connectivity index is 2.68. The normalized spacial score (nSPS) is 23.2. The lowest BCUT2D eigenvalue weighted by Crippen LogP contribution is -2.46. The number of hydrogen-bond donors (Lipinski definition) is 0. The van der Waals surface area contributed by atoms with Crippen molar-refractivity contribution in [2.45, 2.75) is 6.10 Å². The Morgan fingerprint density at radius 1 is 1.35 bits per heavy atom. The fourth-order valence-corrected chi connectivity index (χ4v) is 4.37. The quantitative estimate of drug-likeness (QED) is 0.627. The summed E-state index contributed by atoms with van der Waals surface area (Å²) >= 11 is 0. The lowest BCUT2D eigenvalue weighted by molar-refractivity contribution is 0.0312. The maximum atomic E-state index is 11.8. The molecular weight excluding hydrogens is 268 g/mol. The minimum absolute atomic E-state index is 0.0391. The fraction of sp³-hybridized carbons (Fsp3) is 0.875. The average molecular weight is 282 g/mol. The molecule has 0 bridgehead atoms. The Bertz CT molecular complexity index is 505. The van der Waals surface area contributed by atoms with Crippen molar-refractivity contribution in [3.63, 3.8) is 0 Å². The topological polar surface area (TPSA) is 105 Å². The predicted molar refractivity (Wildman–Crippen MR) is 60.4 cm³/mol. The first-order valence-electron chi connectivity index (χ1n) is 4.91. The molecule has 17 heavy (non-hydrogen) atoms. The van der Waals surface area contributed by atoms with Crippen LogP contribution in [-0.4, -0.2) is 64.7 Å². The van der Waals surface area contributed by atoms with Crippen LogP contribution in [0, 0.1) is 11.3 Å². The van der Waals surface area contributed by atoms with Gasteiger partial charge in [-0.25, -0.2) is 16.8 Å². The van der Waals surface area contributed by atoms with Gasteiger partial charge in [0.1, 0.15) is 9.84 Å². The summed E-state index contributed by atoms with van der Waals surface area (Å²) in [6.45, 7) is 0.267. The van der Waals surface area contributed by atoms with Gasteiger partial charge in [0, 0.05) is 12.8 Å². The van der Waals surface area contributed by atoms with E-state index in [2.05, 4.69) is 0 Å². The van der Waals surface area contributed by atoms with Crippen LogP contribution in [0.3, 0.4) is 0 Å². The van der Waals surface area contributed by atoms with E-state index in [1.807, 2.05) is 6.07 Å². The first kappa shape index (κ1) is 14.4.